The molecule has 70 valence electrons. The van der Waals surface area contributed by atoms with Crippen LogP contribution in [0.25, 0.3) is 0 Å². The van der Waals surface area contributed by atoms with Crippen LogP contribution >= 0.6 is 11.6 Å². The van der Waals surface area contributed by atoms with Crippen LogP contribution in [0.15, 0.2) is 18.3 Å². The molecule has 0 radical (unpaired) electrons. The zero-order valence-electron chi connectivity index (χ0n) is 7.54. The highest BCUT2D eigenvalue weighted by Gasteiger charge is 2.30. The summed E-state index contributed by atoms with van der Waals surface area (Å²) in [5.74, 6) is -0.437. The number of nitrogens with zero attached hydrogens (tertiary/aromatic N) is 1. The van der Waals surface area contributed by atoms with Crippen molar-refractivity contribution in [3.63, 3.8) is 0 Å². The van der Waals surface area contributed by atoms with Crippen molar-refractivity contribution in [2.24, 2.45) is 5.73 Å². The largest absolute Gasteiger partial charge is 0.369 e. The third kappa shape index (κ3) is 1.80. The van der Waals surface area contributed by atoms with Gasteiger partial charge in [-0.1, -0.05) is 11.6 Å². The summed E-state index contributed by atoms with van der Waals surface area (Å²) in [5.41, 5.74) is 4.93. The Labute approximate surface area is 81.9 Å². The fraction of sp³-hybridized carbons (Fsp3) is 0.333. The molecule has 0 aromatic carbocycles. The molecule has 0 spiro atoms. The van der Waals surface area contributed by atoms with Crippen LogP contribution in [0.3, 0.4) is 0 Å². The summed E-state index contributed by atoms with van der Waals surface area (Å²) in [7, 11) is 0. The lowest BCUT2D eigenvalue weighted by Gasteiger charge is -2.20. The van der Waals surface area contributed by atoms with Gasteiger partial charge in [0.25, 0.3) is 0 Å². The maximum atomic E-state index is 11.1. The summed E-state index contributed by atoms with van der Waals surface area (Å²) in [6.45, 7) is 3.40. The molecule has 0 aliphatic heterocycles. The highest BCUT2D eigenvalue weighted by Crippen LogP contribution is 2.26. The van der Waals surface area contributed by atoms with Crippen LogP contribution in [0.1, 0.15) is 19.5 Å². The molecule has 1 heterocycles. The van der Waals surface area contributed by atoms with Gasteiger partial charge < -0.3 is 5.73 Å². The highest BCUT2D eigenvalue weighted by atomic mass is 35.5. The standard InChI is InChI=1S/C9H11ClN2O/c1-9(2,8(11)13)7-6(10)4-3-5-12-7/h3-5H,1-2H3,(H2,11,13). The number of nitrogens with two attached hydrogens (primary N) is 1. The number of amides is 1. The van der Waals surface area contributed by atoms with Gasteiger partial charge in [0, 0.05) is 6.20 Å². The Morgan fingerprint density at radius 2 is 2.23 bits per heavy atom. The molecule has 1 aromatic heterocycles. The molecule has 0 aliphatic carbocycles. The van der Waals surface area contributed by atoms with Crippen molar-refractivity contribution in [3.8, 4) is 0 Å². The van der Waals surface area contributed by atoms with E-state index in [1.54, 1.807) is 32.2 Å². The SMILES string of the molecule is CC(C)(C(N)=O)c1ncccc1Cl. The molecule has 4 heteroatoms. The minimum absolute atomic E-state index is 0.437. The van der Waals surface area contributed by atoms with Crippen LogP contribution in [0.2, 0.25) is 5.02 Å². The molecule has 1 amide bonds. The van der Waals surface area contributed by atoms with Crippen LogP contribution in [0.5, 0.6) is 0 Å². The van der Waals surface area contributed by atoms with E-state index in [1.165, 1.54) is 0 Å². The first-order valence-electron chi connectivity index (χ1n) is 3.87. The van der Waals surface area contributed by atoms with E-state index < -0.39 is 11.3 Å². The van der Waals surface area contributed by atoms with Gasteiger partial charge in [-0.25, -0.2) is 0 Å². The van der Waals surface area contributed by atoms with Gasteiger partial charge in [0.1, 0.15) is 0 Å². The average molecular weight is 199 g/mol. The molecule has 13 heavy (non-hydrogen) atoms. The van der Waals surface area contributed by atoms with Gasteiger partial charge in [-0.3, -0.25) is 9.78 Å². The Hall–Kier alpha value is -1.09. The normalized spacial score (nSPS) is 11.3. The Morgan fingerprint density at radius 1 is 1.62 bits per heavy atom. The van der Waals surface area contributed by atoms with E-state index in [0.29, 0.717) is 10.7 Å². The first-order chi connectivity index (χ1) is 5.96. The van der Waals surface area contributed by atoms with Crippen molar-refractivity contribution in [1.29, 1.82) is 0 Å². The van der Waals surface area contributed by atoms with Crippen LogP contribution in [-0.4, -0.2) is 10.9 Å². The summed E-state index contributed by atoms with van der Waals surface area (Å²) in [6, 6.07) is 3.40. The number of halogens is 1. The Bertz CT molecular complexity index is 336. The van der Waals surface area contributed by atoms with Crippen molar-refractivity contribution >= 4 is 17.5 Å². The van der Waals surface area contributed by atoms with E-state index >= 15 is 0 Å². The maximum absolute atomic E-state index is 11.1. The lowest BCUT2D eigenvalue weighted by atomic mass is 9.88. The molecule has 3 nitrogen and oxygen atoms in total. The molecule has 2 N–H and O–H groups in total. The minimum Gasteiger partial charge on any atom is -0.369 e. The number of carbonyl (C=O) groups is 1. The molecular weight excluding hydrogens is 188 g/mol. The second kappa shape index (κ2) is 3.34. The first kappa shape index (κ1) is 9.99. The maximum Gasteiger partial charge on any atom is 0.229 e. The van der Waals surface area contributed by atoms with Gasteiger partial charge in [0.2, 0.25) is 5.91 Å². The quantitative estimate of drug-likeness (QED) is 0.783. The fourth-order valence-electron chi connectivity index (χ4n) is 0.962. The number of pyridine rings is 1. The molecule has 0 unspecified atom stereocenters. The predicted octanol–water partition coefficient (Wildman–Crippen LogP) is 1.50. The van der Waals surface area contributed by atoms with Gasteiger partial charge in [-0.05, 0) is 26.0 Å². The number of carbonyl (C=O) groups excluding carboxylic acids is 1. The van der Waals surface area contributed by atoms with Crippen LogP contribution in [0.4, 0.5) is 0 Å². The molecular formula is C9H11ClN2O. The summed E-state index contributed by atoms with van der Waals surface area (Å²) in [6.07, 6.45) is 1.59. The Kier molecular flexibility index (Phi) is 2.57. The van der Waals surface area contributed by atoms with Crippen molar-refractivity contribution in [2.45, 2.75) is 19.3 Å². The second-order valence-corrected chi connectivity index (χ2v) is 3.73. The van der Waals surface area contributed by atoms with Crippen LogP contribution < -0.4 is 5.73 Å². The zero-order valence-corrected chi connectivity index (χ0v) is 8.30. The van der Waals surface area contributed by atoms with Gasteiger partial charge in [0.05, 0.1) is 16.1 Å². The van der Waals surface area contributed by atoms with Gasteiger partial charge in [-0.15, -0.1) is 0 Å². The summed E-state index contributed by atoms with van der Waals surface area (Å²) in [5, 5.41) is 0.464. The number of hydrogen-bond acceptors (Lipinski definition) is 2. The van der Waals surface area contributed by atoms with E-state index in [-0.39, 0.29) is 0 Å². The predicted molar refractivity (Wildman–Crippen MR) is 51.5 cm³/mol. The van der Waals surface area contributed by atoms with Crippen molar-refractivity contribution < 1.29 is 4.79 Å². The van der Waals surface area contributed by atoms with Gasteiger partial charge in [0.15, 0.2) is 0 Å². The highest BCUT2D eigenvalue weighted by molar-refractivity contribution is 6.31. The van der Waals surface area contributed by atoms with Crippen molar-refractivity contribution in [2.75, 3.05) is 0 Å². The lowest BCUT2D eigenvalue weighted by molar-refractivity contribution is -0.122. The Balaban J connectivity index is 3.22. The van der Waals surface area contributed by atoms with E-state index in [1.807, 2.05) is 0 Å². The fourth-order valence-corrected chi connectivity index (χ4v) is 1.32. The summed E-state index contributed by atoms with van der Waals surface area (Å²) < 4.78 is 0. The number of hydrogen-bond donors (Lipinski definition) is 1. The van der Waals surface area contributed by atoms with E-state index in [0.717, 1.165) is 0 Å². The minimum atomic E-state index is -0.821. The molecule has 0 atom stereocenters. The molecule has 0 aliphatic rings. The van der Waals surface area contributed by atoms with Crippen molar-refractivity contribution in [1.82, 2.24) is 4.98 Å². The molecule has 0 saturated carbocycles. The van der Waals surface area contributed by atoms with E-state index in [2.05, 4.69) is 4.98 Å². The van der Waals surface area contributed by atoms with Gasteiger partial charge >= 0.3 is 0 Å². The van der Waals surface area contributed by atoms with E-state index in [9.17, 15) is 4.79 Å². The molecule has 1 aromatic rings. The summed E-state index contributed by atoms with van der Waals surface area (Å²) in [4.78, 5) is 15.1. The Morgan fingerprint density at radius 3 is 2.69 bits per heavy atom. The van der Waals surface area contributed by atoms with Crippen LogP contribution in [0, 0.1) is 0 Å². The second-order valence-electron chi connectivity index (χ2n) is 3.32. The topological polar surface area (TPSA) is 56.0 Å². The smallest absolute Gasteiger partial charge is 0.229 e. The lowest BCUT2D eigenvalue weighted by Crippen LogP contribution is -2.36. The number of aromatic nitrogens is 1. The molecule has 0 bridgehead atoms. The third-order valence-electron chi connectivity index (χ3n) is 1.97. The van der Waals surface area contributed by atoms with E-state index in [4.69, 9.17) is 17.3 Å². The number of primary amides is 1. The molecule has 1 rings (SSSR count). The molecule has 0 fully saturated rings. The summed E-state index contributed by atoms with van der Waals surface area (Å²) >= 11 is 5.88. The third-order valence-corrected chi connectivity index (χ3v) is 2.27. The van der Waals surface area contributed by atoms with Gasteiger partial charge in [-0.2, -0.15) is 0 Å². The number of rotatable bonds is 2. The monoisotopic (exact) mass is 198 g/mol. The zero-order chi connectivity index (χ0) is 10.1. The molecule has 0 saturated heterocycles. The average Bonchev–Trinajstić information content (AvgIpc) is 2.04. The first-order valence-corrected chi connectivity index (χ1v) is 4.25. The van der Waals surface area contributed by atoms with Crippen molar-refractivity contribution in [3.05, 3.63) is 29.0 Å². The van der Waals surface area contributed by atoms with Crippen LogP contribution in [-0.2, 0) is 10.2 Å².